The zero-order valence-electron chi connectivity index (χ0n) is 12.8. The minimum absolute atomic E-state index is 0. The van der Waals surface area contributed by atoms with Gasteiger partial charge < -0.3 is 15.5 Å². The van der Waals surface area contributed by atoms with Crippen LogP contribution in [-0.4, -0.2) is 49.0 Å². The summed E-state index contributed by atoms with van der Waals surface area (Å²) < 4.78 is 0. The fourth-order valence-corrected chi connectivity index (χ4v) is 3.29. The molecule has 1 heterocycles. The monoisotopic (exact) mass is 406 g/mol. The molecule has 0 aromatic carbocycles. The fourth-order valence-electron chi connectivity index (χ4n) is 3.29. The van der Waals surface area contributed by atoms with Crippen LogP contribution in [0, 0.1) is 5.92 Å². The topological polar surface area (TPSA) is 56.7 Å². The number of carbonyl (C=O) groups excluding carboxylic acids is 1. The smallest absolute Gasteiger partial charge is 0.225 e. The van der Waals surface area contributed by atoms with Crippen LogP contribution in [0.5, 0.6) is 0 Å². The van der Waals surface area contributed by atoms with Gasteiger partial charge in [-0.05, 0) is 32.1 Å². The Bertz CT molecular complexity index is 391. The number of aliphatic imine (C=N–C) groups is 1. The van der Waals surface area contributed by atoms with E-state index in [0.29, 0.717) is 23.9 Å². The van der Waals surface area contributed by atoms with Crippen LogP contribution in [0.15, 0.2) is 4.99 Å². The molecule has 1 atom stereocenters. The van der Waals surface area contributed by atoms with E-state index in [4.69, 9.17) is 0 Å². The van der Waals surface area contributed by atoms with Gasteiger partial charge in [0.1, 0.15) is 0 Å². The van der Waals surface area contributed by atoms with Crippen LogP contribution in [0.4, 0.5) is 0 Å². The lowest BCUT2D eigenvalue weighted by molar-refractivity contribution is -0.134. The SMILES string of the molecule is CN=C(NC1CC1)NC1CCN(C(=O)C2CCCC2)C1.I. The van der Waals surface area contributed by atoms with Crippen LogP contribution in [0.2, 0.25) is 0 Å². The first-order valence-electron chi connectivity index (χ1n) is 8.05. The summed E-state index contributed by atoms with van der Waals surface area (Å²) in [5.41, 5.74) is 0. The number of rotatable bonds is 3. The van der Waals surface area contributed by atoms with E-state index < -0.39 is 0 Å². The van der Waals surface area contributed by atoms with Crippen molar-refractivity contribution in [1.82, 2.24) is 15.5 Å². The molecule has 0 spiro atoms. The van der Waals surface area contributed by atoms with Gasteiger partial charge in [0.15, 0.2) is 5.96 Å². The molecule has 0 radical (unpaired) electrons. The lowest BCUT2D eigenvalue weighted by Crippen LogP contribution is -2.46. The maximum Gasteiger partial charge on any atom is 0.225 e. The van der Waals surface area contributed by atoms with E-state index in [0.717, 1.165) is 38.3 Å². The second-order valence-electron chi connectivity index (χ2n) is 6.39. The van der Waals surface area contributed by atoms with Crippen molar-refractivity contribution in [3.05, 3.63) is 0 Å². The lowest BCUT2D eigenvalue weighted by Gasteiger charge is -2.21. The van der Waals surface area contributed by atoms with E-state index >= 15 is 0 Å². The summed E-state index contributed by atoms with van der Waals surface area (Å²) in [5, 5.41) is 6.86. The van der Waals surface area contributed by atoms with Crippen LogP contribution in [0.1, 0.15) is 44.9 Å². The third kappa shape index (κ3) is 4.47. The van der Waals surface area contributed by atoms with Crippen molar-refractivity contribution < 1.29 is 4.79 Å². The molecule has 1 amide bonds. The molecular weight excluding hydrogens is 379 g/mol. The molecule has 0 aromatic rings. The van der Waals surface area contributed by atoms with Crippen LogP contribution in [0.25, 0.3) is 0 Å². The Kier molecular flexibility index (Phi) is 6.13. The van der Waals surface area contributed by atoms with Crippen LogP contribution < -0.4 is 10.6 Å². The van der Waals surface area contributed by atoms with Crippen molar-refractivity contribution in [3.63, 3.8) is 0 Å². The summed E-state index contributed by atoms with van der Waals surface area (Å²) in [5.74, 6) is 1.59. The Morgan fingerprint density at radius 3 is 2.33 bits per heavy atom. The molecule has 120 valence electrons. The minimum atomic E-state index is 0. The van der Waals surface area contributed by atoms with Gasteiger partial charge in [-0.3, -0.25) is 9.79 Å². The first-order valence-corrected chi connectivity index (χ1v) is 8.05. The molecule has 1 saturated heterocycles. The largest absolute Gasteiger partial charge is 0.354 e. The number of nitrogens with zero attached hydrogens (tertiary/aromatic N) is 2. The number of amides is 1. The van der Waals surface area contributed by atoms with Crippen LogP contribution in [-0.2, 0) is 4.79 Å². The first-order chi connectivity index (χ1) is 9.76. The standard InChI is InChI=1S/C15H26N4O.HI/c1-16-15(17-12-6-7-12)18-13-8-9-19(10-13)14(20)11-4-2-3-5-11;/h11-13H,2-10H2,1H3,(H2,16,17,18);1H. The van der Waals surface area contributed by atoms with Gasteiger partial charge in [0.25, 0.3) is 0 Å². The van der Waals surface area contributed by atoms with Gasteiger partial charge in [0.2, 0.25) is 5.91 Å². The molecule has 3 rings (SSSR count). The third-order valence-electron chi connectivity index (χ3n) is 4.69. The highest BCUT2D eigenvalue weighted by Crippen LogP contribution is 2.27. The summed E-state index contributed by atoms with van der Waals surface area (Å²) in [7, 11) is 1.81. The van der Waals surface area contributed by atoms with Crippen LogP contribution in [0.3, 0.4) is 0 Å². The highest BCUT2D eigenvalue weighted by Gasteiger charge is 2.33. The average molecular weight is 406 g/mol. The molecule has 5 nitrogen and oxygen atoms in total. The molecule has 3 fully saturated rings. The zero-order chi connectivity index (χ0) is 13.9. The first kappa shape index (κ1) is 16.8. The molecule has 1 unspecified atom stereocenters. The van der Waals surface area contributed by atoms with Gasteiger partial charge in [0.05, 0.1) is 0 Å². The van der Waals surface area contributed by atoms with Crippen molar-refractivity contribution in [1.29, 1.82) is 0 Å². The molecule has 0 bridgehead atoms. The van der Waals surface area contributed by atoms with Crippen molar-refractivity contribution in [2.24, 2.45) is 10.9 Å². The highest BCUT2D eigenvalue weighted by molar-refractivity contribution is 14.0. The number of hydrogen-bond acceptors (Lipinski definition) is 2. The van der Waals surface area contributed by atoms with E-state index in [9.17, 15) is 4.79 Å². The Morgan fingerprint density at radius 2 is 1.71 bits per heavy atom. The summed E-state index contributed by atoms with van der Waals surface area (Å²) in [6.45, 7) is 1.73. The Morgan fingerprint density at radius 1 is 1.05 bits per heavy atom. The maximum absolute atomic E-state index is 12.4. The van der Waals surface area contributed by atoms with Gasteiger partial charge in [0, 0.05) is 38.1 Å². The van der Waals surface area contributed by atoms with E-state index in [-0.39, 0.29) is 24.0 Å². The molecule has 3 aliphatic rings. The molecule has 6 heteroatoms. The number of carbonyl (C=O) groups is 1. The maximum atomic E-state index is 12.4. The fraction of sp³-hybridized carbons (Fsp3) is 0.867. The van der Waals surface area contributed by atoms with Gasteiger partial charge in [-0.25, -0.2) is 0 Å². The molecule has 2 saturated carbocycles. The molecular formula is C15H27IN4O. The number of guanidine groups is 1. The normalized spacial score (nSPS) is 26.6. The molecule has 0 aromatic heterocycles. The summed E-state index contributed by atoms with van der Waals surface area (Å²) >= 11 is 0. The Balaban J connectivity index is 0.00000161. The van der Waals surface area contributed by atoms with Gasteiger partial charge >= 0.3 is 0 Å². The predicted octanol–water partition coefficient (Wildman–Crippen LogP) is 1.72. The predicted molar refractivity (Wildman–Crippen MR) is 95.0 cm³/mol. The van der Waals surface area contributed by atoms with Crippen molar-refractivity contribution in [3.8, 4) is 0 Å². The minimum Gasteiger partial charge on any atom is -0.354 e. The molecule has 1 aliphatic heterocycles. The van der Waals surface area contributed by atoms with E-state index in [1.165, 1.54) is 25.7 Å². The number of halogens is 1. The van der Waals surface area contributed by atoms with Gasteiger partial charge in [-0.2, -0.15) is 0 Å². The number of likely N-dealkylation sites (tertiary alicyclic amines) is 1. The zero-order valence-corrected chi connectivity index (χ0v) is 15.1. The third-order valence-corrected chi connectivity index (χ3v) is 4.69. The van der Waals surface area contributed by atoms with Crippen molar-refractivity contribution >= 4 is 35.8 Å². The summed E-state index contributed by atoms with van der Waals surface area (Å²) in [6, 6.07) is 0.962. The molecule has 2 aliphatic carbocycles. The quantitative estimate of drug-likeness (QED) is 0.427. The van der Waals surface area contributed by atoms with Gasteiger partial charge in [-0.15, -0.1) is 24.0 Å². The second kappa shape index (κ2) is 7.65. The second-order valence-corrected chi connectivity index (χ2v) is 6.39. The van der Waals surface area contributed by atoms with Crippen molar-refractivity contribution in [2.75, 3.05) is 20.1 Å². The summed E-state index contributed by atoms with van der Waals surface area (Å²) in [4.78, 5) is 18.7. The highest BCUT2D eigenvalue weighted by atomic mass is 127. The summed E-state index contributed by atoms with van der Waals surface area (Å²) in [6.07, 6.45) is 8.17. The van der Waals surface area contributed by atoms with E-state index in [2.05, 4.69) is 20.5 Å². The molecule has 21 heavy (non-hydrogen) atoms. The number of hydrogen-bond donors (Lipinski definition) is 2. The number of nitrogens with one attached hydrogen (secondary N) is 2. The van der Waals surface area contributed by atoms with E-state index in [1.807, 2.05) is 7.05 Å². The van der Waals surface area contributed by atoms with Crippen molar-refractivity contribution in [2.45, 2.75) is 57.0 Å². The Hall–Kier alpha value is -0.530. The Labute approximate surface area is 144 Å². The lowest BCUT2D eigenvalue weighted by atomic mass is 10.1. The molecule has 2 N–H and O–H groups in total. The van der Waals surface area contributed by atoms with E-state index in [1.54, 1.807) is 0 Å². The van der Waals surface area contributed by atoms with Crippen LogP contribution >= 0.6 is 24.0 Å². The average Bonchev–Trinajstić information content (AvgIpc) is 2.97. The van der Waals surface area contributed by atoms with Gasteiger partial charge in [-0.1, -0.05) is 12.8 Å².